The van der Waals surface area contributed by atoms with Crippen molar-refractivity contribution in [2.75, 3.05) is 44.7 Å². The maximum atomic E-state index is 10.4. The highest BCUT2D eigenvalue weighted by atomic mass is 16.4. The Kier molecular flexibility index (Phi) is 7.16. The molecular formula is C23H31N7O2. The van der Waals surface area contributed by atoms with Crippen molar-refractivity contribution >= 4 is 22.8 Å². The van der Waals surface area contributed by atoms with E-state index in [4.69, 9.17) is 10.1 Å². The Hall–Kier alpha value is -3.20. The molecular weight excluding hydrogens is 406 g/mol. The first kappa shape index (κ1) is 22.0. The molecule has 4 rings (SSSR count). The van der Waals surface area contributed by atoms with Gasteiger partial charge in [-0.3, -0.25) is 9.67 Å². The molecule has 32 heavy (non-hydrogen) atoms. The molecule has 2 N–H and O–H groups in total. The number of fused-ring (bicyclic) bond motifs is 1. The van der Waals surface area contributed by atoms with Gasteiger partial charge in [-0.2, -0.15) is 5.10 Å². The third-order valence-corrected chi connectivity index (χ3v) is 5.91. The summed E-state index contributed by atoms with van der Waals surface area (Å²) in [4.78, 5) is 24.7. The number of aryl methyl sites for hydroxylation is 1. The highest BCUT2D eigenvalue weighted by Gasteiger charge is 2.15. The Labute approximate surface area is 188 Å². The molecule has 0 aliphatic carbocycles. The van der Waals surface area contributed by atoms with Crippen LogP contribution in [0.3, 0.4) is 0 Å². The quantitative estimate of drug-likeness (QED) is 0.496. The fourth-order valence-corrected chi connectivity index (χ4v) is 3.97. The van der Waals surface area contributed by atoms with Crippen molar-refractivity contribution < 1.29 is 9.90 Å². The second-order valence-electron chi connectivity index (χ2n) is 8.36. The topological polar surface area (TPSA) is 99.4 Å². The van der Waals surface area contributed by atoms with Crippen molar-refractivity contribution in [3.05, 3.63) is 36.8 Å². The normalized spacial score (nSPS) is 14.7. The Bertz CT molecular complexity index is 1040. The number of hydrogen-bond acceptors (Lipinski definition) is 6. The van der Waals surface area contributed by atoms with E-state index >= 15 is 0 Å². The van der Waals surface area contributed by atoms with Crippen molar-refractivity contribution in [1.29, 1.82) is 0 Å². The van der Waals surface area contributed by atoms with Gasteiger partial charge in [0.05, 0.1) is 29.1 Å². The summed E-state index contributed by atoms with van der Waals surface area (Å²) in [6.07, 6.45) is 8.63. The second-order valence-corrected chi connectivity index (χ2v) is 8.36. The molecule has 3 aromatic rings. The van der Waals surface area contributed by atoms with Crippen LogP contribution in [0.25, 0.3) is 22.3 Å². The highest BCUT2D eigenvalue weighted by Crippen LogP contribution is 2.24. The molecule has 0 atom stereocenters. The fraction of sp³-hybridized carbons (Fsp3) is 0.478. The van der Waals surface area contributed by atoms with E-state index in [1.165, 1.54) is 5.69 Å². The number of likely N-dealkylation sites (N-methyl/N-ethyl adjacent to an activating group) is 1. The molecule has 1 aromatic carbocycles. The van der Waals surface area contributed by atoms with Crippen molar-refractivity contribution in [2.24, 2.45) is 0 Å². The van der Waals surface area contributed by atoms with Gasteiger partial charge in [0.25, 0.3) is 0 Å². The molecule has 1 aliphatic rings. The van der Waals surface area contributed by atoms with E-state index in [-0.39, 0.29) is 0 Å². The number of anilines is 1. The van der Waals surface area contributed by atoms with Gasteiger partial charge in [-0.05, 0) is 38.1 Å². The SMILES string of the molecule is CN1CCN(c2ccc3ncc(-c4cnn(CCCCCCNC(=O)O)c4)nc3c2)CC1. The van der Waals surface area contributed by atoms with Gasteiger partial charge in [-0.25, -0.2) is 9.78 Å². The second kappa shape index (κ2) is 10.4. The lowest BCUT2D eigenvalue weighted by Crippen LogP contribution is -2.44. The molecule has 1 amide bonds. The van der Waals surface area contributed by atoms with Gasteiger partial charge < -0.3 is 20.2 Å². The molecule has 1 fully saturated rings. The number of carbonyl (C=O) groups is 1. The van der Waals surface area contributed by atoms with Gasteiger partial charge in [0.1, 0.15) is 0 Å². The maximum absolute atomic E-state index is 10.4. The van der Waals surface area contributed by atoms with E-state index in [0.717, 1.165) is 80.7 Å². The van der Waals surface area contributed by atoms with Crippen LogP contribution in [0.1, 0.15) is 25.7 Å². The van der Waals surface area contributed by atoms with Crippen molar-refractivity contribution in [2.45, 2.75) is 32.2 Å². The first-order valence-electron chi connectivity index (χ1n) is 11.3. The van der Waals surface area contributed by atoms with Gasteiger partial charge in [0.15, 0.2) is 0 Å². The van der Waals surface area contributed by atoms with Crippen LogP contribution in [0.15, 0.2) is 36.8 Å². The highest BCUT2D eigenvalue weighted by molar-refractivity contribution is 5.81. The van der Waals surface area contributed by atoms with Crippen LogP contribution in [0.4, 0.5) is 10.5 Å². The van der Waals surface area contributed by atoms with Gasteiger partial charge in [0.2, 0.25) is 0 Å². The molecule has 0 saturated carbocycles. The van der Waals surface area contributed by atoms with Gasteiger partial charge >= 0.3 is 6.09 Å². The number of aromatic nitrogens is 4. The summed E-state index contributed by atoms with van der Waals surface area (Å²) >= 11 is 0. The number of benzene rings is 1. The maximum Gasteiger partial charge on any atom is 0.404 e. The summed E-state index contributed by atoms with van der Waals surface area (Å²) in [5, 5.41) is 15.4. The smallest absolute Gasteiger partial charge is 0.404 e. The lowest BCUT2D eigenvalue weighted by molar-refractivity contribution is 0.194. The van der Waals surface area contributed by atoms with Crippen molar-refractivity contribution in [3.8, 4) is 11.3 Å². The third-order valence-electron chi connectivity index (χ3n) is 5.91. The van der Waals surface area contributed by atoms with Gasteiger partial charge in [0, 0.05) is 56.7 Å². The van der Waals surface area contributed by atoms with E-state index in [1.807, 2.05) is 23.3 Å². The third kappa shape index (κ3) is 5.73. The molecule has 170 valence electrons. The predicted octanol–water partition coefficient (Wildman–Crippen LogP) is 3.07. The largest absolute Gasteiger partial charge is 0.465 e. The number of rotatable bonds is 9. The number of piperazine rings is 1. The fourth-order valence-electron chi connectivity index (χ4n) is 3.97. The van der Waals surface area contributed by atoms with Gasteiger partial charge in [-0.1, -0.05) is 12.8 Å². The summed E-state index contributed by atoms with van der Waals surface area (Å²) in [7, 11) is 2.16. The van der Waals surface area contributed by atoms with Crippen molar-refractivity contribution in [1.82, 2.24) is 30.0 Å². The van der Waals surface area contributed by atoms with E-state index < -0.39 is 6.09 Å². The summed E-state index contributed by atoms with van der Waals surface area (Å²) in [6.45, 7) is 5.54. The number of carboxylic acid groups (broad SMARTS) is 1. The van der Waals surface area contributed by atoms with Crippen LogP contribution in [-0.2, 0) is 6.54 Å². The zero-order chi connectivity index (χ0) is 22.3. The molecule has 1 saturated heterocycles. The average Bonchev–Trinajstić information content (AvgIpc) is 3.27. The molecule has 9 heteroatoms. The molecule has 0 spiro atoms. The average molecular weight is 438 g/mol. The minimum Gasteiger partial charge on any atom is -0.465 e. The molecule has 0 unspecified atom stereocenters. The number of amides is 1. The summed E-state index contributed by atoms with van der Waals surface area (Å²) in [5.74, 6) is 0. The molecule has 9 nitrogen and oxygen atoms in total. The summed E-state index contributed by atoms with van der Waals surface area (Å²) < 4.78 is 1.94. The lowest BCUT2D eigenvalue weighted by atomic mass is 10.2. The minimum absolute atomic E-state index is 0.512. The van der Waals surface area contributed by atoms with Crippen LogP contribution >= 0.6 is 0 Å². The Morgan fingerprint density at radius 2 is 1.88 bits per heavy atom. The van der Waals surface area contributed by atoms with Gasteiger partial charge in [-0.15, -0.1) is 0 Å². The molecule has 0 radical (unpaired) electrons. The van der Waals surface area contributed by atoms with E-state index in [0.29, 0.717) is 6.54 Å². The Balaban J connectivity index is 1.35. The molecule has 2 aromatic heterocycles. The lowest BCUT2D eigenvalue weighted by Gasteiger charge is -2.34. The number of nitrogens with zero attached hydrogens (tertiary/aromatic N) is 6. The predicted molar refractivity (Wildman–Crippen MR) is 125 cm³/mol. The van der Waals surface area contributed by atoms with E-state index in [2.05, 4.69) is 50.4 Å². The molecule has 1 aliphatic heterocycles. The number of hydrogen-bond donors (Lipinski definition) is 2. The van der Waals surface area contributed by atoms with Crippen LogP contribution in [0.5, 0.6) is 0 Å². The molecule has 3 heterocycles. The van der Waals surface area contributed by atoms with Crippen LogP contribution < -0.4 is 10.2 Å². The molecule has 0 bridgehead atoms. The first-order valence-corrected chi connectivity index (χ1v) is 11.3. The zero-order valence-electron chi connectivity index (χ0n) is 18.6. The Morgan fingerprint density at radius 1 is 1.06 bits per heavy atom. The summed E-state index contributed by atoms with van der Waals surface area (Å²) in [5.41, 5.74) is 4.80. The van der Waals surface area contributed by atoms with Crippen LogP contribution in [-0.4, -0.2) is 75.6 Å². The standard InChI is InChI=1S/C23H31N7O2/c1-28-10-12-29(13-11-28)19-6-7-20-21(14-19)27-22(16-25-20)18-15-26-30(17-18)9-5-3-2-4-8-24-23(31)32/h6-7,14-17,24H,2-5,8-13H2,1H3,(H,31,32). The minimum atomic E-state index is -0.957. The van der Waals surface area contributed by atoms with Crippen molar-refractivity contribution in [3.63, 3.8) is 0 Å². The Morgan fingerprint density at radius 3 is 2.69 bits per heavy atom. The van der Waals surface area contributed by atoms with Crippen LogP contribution in [0, 0.1) is 0 Å². The van der Waals surface area contributed by atoms with E-state index in [9.17, 15) is 4.79 Å². The van der Waals surface area contributed by atoms with Crippen LogP contribution in [0.2, 0.25) is 0 Å². The summed E-state index contributed by atoms with van der Waals surface area (Å²) in [6, 6.07) is 6.33. The first-order chi connectivity index (χ1) is 15.6. The number of unbranched alkanes of at least 4 members (excludes halogenated alkanes) is 3. The zero-order valence-corrected chi connectivity index (χ0v) is 18.6. The monoisotopic (exact) mass is 437 g/mol. The van der Waals surface area contributed by atoms with E-state index in [1.54, 1.807) is 0 Å². The number of nitrogens with one attached hydrogen (secondary N) is 1.